The zero-order valence-electron chi connectivity index (χ0n) is 21.4. The van der Waals surface area contributed by atoms with E-state index in [-0.39, 0.29) is 30.0 Å². The largest absolute Gasteiger partial charge is 0.443 e. The van der Waals surface area contributed by atoms with Crippen molar-refractivity contribution in [3.63, 3.8) is 0 Å². The molecule has 192 valence electrons. The highest BCUT2D eigenvalue weighted by molar-refractivity contribution is 6.00. The van der Waals surface area contributed by atoms with Crippen LogP contribution in [-0.2, 0) is 21.4 Å². The van der Waals surface area contributed by atoms with Crippen molar-refractivity contribution in [2.75, 3.05) is 13.1 Å². The molecule has 3 amide bonds. The number of hydrogen-bond donors (Lipinski definition) is 1. The minimum Gasteiger partial charge on any atom is -0.443 e. The van der Waals surface area contributed by atoms with E-state index in [0.717, 1.165) is 31.2 Å². The molecule has 2 aromatic rings. The van der Waals surface area contributed by atoms with Crippen LogP contribution in [0.4, 0.5) is 4.79 Å². The number of fused-ring (bicyclic) bond motifs is 1. The van der Waals surface area contributed by atoms with E-state index in [2.05, 4.69) is 24.1 Å². The molecule has 2 aliphatic heterocycles. The third-order valence-electron chi connectivity index (χ3n) is 7.00. The van der Waals surface area contributed by atoms with Gasteiger partial charge in [0, 0.05) is 38.0 Å². The number of ether oxygens (including phenoxy) is 1. The first kappa shape index (κ1) is 25.5. The number of hydrogen-bond acceptors (Lipinski definition) is 5. The number of aryl methyl sites for hydroxylation is 1. The first-order chi connectivity index (χ1) is 17.1. The second-order valence-corrected chi connectivity index (χ2v) is 10.3. The summed E-state index contributed by atoms with van der Waals surface area (Å²) in [7, 11) is 1.67. The maximum absolute atomic E-state index is 12.9. The van der Waals surface area contributed by atoms with Gasteiger partial charge in [0.25, 0.3) is 0 Å². The number of imide groups is 1. The standard InChI is InChI=1S/C27H34N4O5/c1-5-14-27(2,3)36-26(35)30-15-12-18(13-16-30)6-7-19-8-9-20-22(17-19)29(4)25(34)31(20)21-10-11-23(32)28-24(21)33/h8-9,17-18,21H,5,10-16H2,1-4H3,(H,28,32,33). The summed E-state index contributed by atoms with van der Waals surface area (Å²) in [6, 6.07) is 4.80. The SMILES string of the molecule is CCCC(C)(C)OC(=O)N1CCC(C#Cc2ccc3c(c2)n(C)c(=O)n3C2CCC(=O)NC2=O)CC1. The van der Waals surface area contributed by atoms with Crippen LogP contribution in [0.2, 0.25) is 0 Å². The van der Waals surface area contributed by atoms with Crippen LogP contribution in [-0.4, -0.2) is 50.6 Å². The molecule has 4 rings (SSSR count). The van der Waals surface area contributed by atoms with Crippen molar-refractivity contribution in [3.8, 4) is 11.8 Å². The first-order valence-corrected chi connectivity index (χ1v) is 12.6. The highest BCUT2D eigenvalue weighted by atomic mass is 16.6. The zero-order valence-corrected chi connectivity index (χ0v) is 21.4. The Kier molecular flexibility index (Phi) is 7.25. The number of rotatable bonds is 4. The average Bonchev–Trinajstić information content (AvgIpc) is 3.07. The van der Waals surface area contributed by atoms with Gasteiger partial charge in [0.1, 0.15) is 11.6 Å². The van der Waals surface area contributed by atoms with E-state index in [0.29, 0.717) is 30.5 Å². The Balaban J connectivity index is 1.44. The van der Waals surface area contributed by atoms with Crippen molar-refractivity contribution in [2.24, 2.45) is 13.0 Å². The minimum atomic E-state index is -0.708. The molecule has 3 heterocycles. The maximum Gasteiger partial charge on any atom is 0.410 e. The van der Waals surface area contributed by atoms with Crippen molar-refractivity contribution in [1.29, 1.82) is 0 Å². The number of benzene rings is 1. The Labute approximate surface area is 210 Å². The Morgan fingerprint density at radius 2 is 1.86 bits per heavy atom. The Morgan fingerprint density at radius 3 is 2.53 bits per heavy atom. The fourth-order valence-corrected chi connectivity index (χ4v) is 5.02. The van der Waals surface area contributed by atoms with E-state index >= 15 is 0 Å². The molecule has 2 fully saturated rings. The minimum absolute atomic E-state index is 0.172. The van der Waals surface area contributed by atoms with Gasteiger partial charge in [-0.05, 0) is 57.7 Å². The number of carbonyl (C=O) groups is 3. The van der Waals surface area contributed by atoms with Gasteiger partial charge in [-0.15, -0.1) is 0 Å². The van der Waals surface area contributed by atoms with Crippen LogP contribution in [0.25, 0.3) is 11.0 Å². The van der Waals surface area contributed by atoms with Gasteiger partial charge in [-0.25, -0.2) is 9.59 Å². The molecule has 1 atom stereocenters. The number of likely N-dealkylation sites (tertiary alicyclic amines) is 1. The van der Waals surface area contributed by atoms with Gasteiger partial charge in [-0.2, -0.15) is 0 Å². The van der Waals surface area contributed by atoms with Gasteiger partial charge in [0.2, 0.25) is 11.8 Å². The van der Waals surface area contributed by atoms with E-state index in [1.165, 1.54) is 9.13 Å². The summed E-state index contributed by atoms with van der Waals surface area (Å²) in [5.74, 6) is 5.95. The third-order valence-corrected chi connectivity index (χ3v) is 7.00. The fraction of sp³-hybridized carbons (Fsp3) is 0.556. The lowest BCUT2D eigenvalue weighted by atomic mass is 9.97. The number of nitrogens with zero attached hydrogens (tertiary/aromatic N) is 3. The molecule has 0 aliphatic carbocycles. The Hall–Kier alpha value is -3.54. The van der Waals surface area contributed by atoms with Gasteiger partial charge in [-0.3, -0.25) is 24.0 Å². The summed E-state index contributed by atoms with van der Waals surface area (Å²) in [4.78, 5) is 51.1. The molecule has 9 heteroatoms. The van der Waals surface area contributed by atoms with Crippen molar-refractivity contribution in [3.05, 3.63) is 34.2 Å². The predicted octanol–water partition coefficient (Wildman–Crippen LogP) is 3.10. The number of nitrogens with one attached hydrogen (secondary N) is 1. The number of aromatic nitrogens is 2. The quantitative estimate of drug-likeness (QED) is 0.520. The first-order valence-electron chi connectivity index (χ1n) is 12.6. The number of amides is 3. The van der Waals surface area contributed by atoms with Crippen LogP contribution in [0.3, 0.4) is 0 Å². The smallest absolute Gasteiger partial charge is 0.410 e. The summed E-state index contributed by atoms with van der Waals surface area (Å²) in [5, 5.41) is 2.32. The van der Waals surface area contributed by atoms with E-state index in [4.69, 9.17) is 4.74 Å². The molecular formula is C27H34N4O5. The summed E-state index contributed by atoms with van der Waals surface area (Å²) < 4.78 is 8.65. The normalized spacial score (nSPS) is 19.1. The second-order valence-electron chi connectivity index (χ2n) is 10.3. The van der Waals surface area contributed by atoms with E-state index < -0.39 is 17.6 Å². The predicted molar refractivity (Wildman–Crippen MR) is 135 cm³/mol. The molecule has 1 unspecified atom stereocenters. The third kappa shape index (κ3) is 5.32. The fourth-order valence-electron chi connectivity index (χ4n) is 5.02. The topological polar surface area (TPSA) is 103 Å². The van der Waals surface area contributed by atoms with Crippen molar-refractivity contribution >= 4 is 28.9 Å². The summed E-state index contributed by atoms with van der Waals surface area (Å²) in [6.07, 6.45) is 3.59. The van der Waals surface area contributed by atoms with Gasteiger partial charge in [-0.1, -0.05) is 25.2 Å². The lowest BCUT2D eigenvalue weighted by molar-refractivity contribution is -0.135. The molecule has 0 saturated carbocycles. The summed E-state index contributed by atoms with van der Waals surface area (Å²) in [6.45, 7) is 7.19. The van der Waals surface area contributed by atoms with Crippen LogP contribution in [0.1, 0.15) is 70.9 Å². The van der Waals surface area contributed by atoms with Crippen molar-refractivity contribution in [2.45, 2.75) is 70.9 Å². The molecule has 1 N–H and O–H groups in total. The van der Waals surface area contributed by atoms with Gasteiger partial charge >= 0.3 is 11.8 Å². The lowest BCUT2D eigenvalue weighted by Gasteiger charge is -2.33. The van der Waals surface area contributed by atoms with E-state index in [1.54, 1.807) is 18.0 Å². The Bertz CT molecular complexity index is 1300. The van der Waals surface area contributed by atoms with E-state index in [1.807, 2.05) is 26.0 Å². The highest BCUT2D eigenvalue weighted by Crippen LogP contribution is 2.24. The number of piperidine rings is 2. The van der Waals surface area contributed by atoms with E-state index in [9.17, 15) is 19.2 Å². The van der Waals surface area contributed by atoms with Crippen molar-refractivity contribution < 1.29 is 19.1 Å². The molecule has 0 radical (unpaired) electrons. The van der Waals surface area contributed by atoms with Gasteiger partial charge in [0.05, 0.1) is 11.0 Å². The van der Waals surface area contributed by atoms with Gasteiger partial charge in [0.15, 0.2) is 0 Å². The van der Waals surface area contributed by atoms with Crippen molar-refractivity contribution in [1.82, 2.24) is 19.4 Å². The van der Waals surface area contributed by atoms with Crippen LogP contribution in [0.15, 0.2) is 23.0 Å². The average molecular weight is 495 g/mol. The molecule has 2 saturated heterocycles. The maximum atomic E-state index is 12.9. The number of imidazole rings is 1. The number of carbonyl (C=O) groups excluding carboxylic acids is 3. The lowest BCUT2D eigenvalue weighted by Crippen LogP contribution is -2.44. The zero-order chi connectivity index (χ0) is 26.0. The summed E-state index contributed by atoms with van der Waals surface area (Å²) >= 11 is 0. The van der Waals surface area contributed by atoms with Crippen LogP contribution in [0.5, 0.6) is 0 Å². The molecule has 2 aliphatic rings. The molecule has 0 bridgehead atoms. The Morgan fingerprint density at radius 1 is 1.14 bits per heavy atom. The molecule has 1 aromatic heterocycles. The van der Waals surface area contributed by atoms with Crippen LogP contribution < -0.4 is 11.0 Å². The molecule has 36 heavy (non-hydrogen) atoms. The van der Waals surface area contributed by atoms with Crippen LogP contribution >= 0.6 is 0 Å². The van der Waals surface area contributed by atoms with Crippen LogP contribution in [0, 0.1) is 17.8 Å². The molecular weight excluding hydrogens is 460 g/mol. The van der Waals surface area contributed by atoms with Gasteiger partial charge < -0.3 is 9.64 Å². The molecule has 9 nitrogen and oxygen atoms in total. The summed E-state index contributed by atoms with van der Waals surface area (Å²) in [5.41, 5.74) is 1.34. The molecule has 1 aromatic carbocycles. The monoisotopic (exact) mass is 494 g/mol. The highest BCUT2D eigenvalue weighted by Gasteiger charge is 2.31. The molecule has 0 spiro atoms. The second kappa shape index (κ2) is 10.2.